The molecule has 20 heavy (non-hydrogen) atoms. The molecule has 0 radical (unpaired) electrons. The zero-order valence-electron chi connectivity index (χ0n) is 11.2. The largest absolute Gasteiger partial charge is 0.309 e. The highest BCUT2D eigenvalue weighted by Gasteiger charge is 2.04. The van der Waals surface area contributed by atoms with Crippen LogP contribution in [0, 0.1) is 0 Å². The summed E-state index contributed by atoms with van der Waals surface area (Å²) in [5.74, 6) is 0. The second-order valence-corrected chi connectivity index (χ2v) is 7.11. The SMILES string of the molecule is CS(=O)(=O)NCCNCc1nc(-c2ccccc2)cs1. The molecule has 108 valence electrons. The highest BCUT2D eigenvalue weighted by atomic mass is 32.2. The fourth-order valence-corrected chi connectivity index (χ4v) is 2.90. The smallest absolute Gasteiger partial charge is 0.208 e. The second kappa shape index (κ2) is 6.94. The summed E-state index contributed by atoms with van der Waals surface area (Å²) in [4.78, 5) is 4.54. The van der Waals surface area contributed by atoms with Crippen LogP contribution in [0.5, 0.6) is 0 Å². The van der Waals surface area contributed by atoms with Gasteiger partial charge in [0.2, 0.25) is 10.0 Å². The molecule has 0 bridgehead atoms. The molecule has 1 heterocycles. The minimum absolute atomic E-state index is 0.385. The molecule has 2 rings (SSSR count). The normalized spacial score (nSPS) is 11.7. The third kappa shape index (κ3) is 5.01. The van der Waals surface area contributed by atoms with Gasteiger partial charge in [0.15, 0.2) is 0 Å². The molecule has 0 saturated carbocycles. The van der Waals surface area contributed by atoms with E-state index in [2.05, 4.69) is 15.0 Å². The number of nitrogens with one attached hydrogen (secondary N) is 2. The number of thiazole rings is 1. The van der Waals surface area contributed by atoms with E-state index >= 15 is 0 Å². The van der Waals surface area contributed by atoms with Crippen molar-refractivity contribution in [3.63, 3.8) is 0 Å². The van der Waals surface area contributed by atoms with Crippen LogP contribution in [-0.4, -0.2) is 32.7 Å². The van der Waals surface area contributed by atoms with Gasteiger partial charge in [-0.2, -0.15) is 0 Å². The molecule has 0 aliphatic carbocycles. The van der Waals surface area contributed by atoms with E-state index in [0.717, 1.165) is 22.5 Å². The summed E-state index contributed by atoms with van der Waals surface area (Å²) in [5, 5.41) is 6.18. The number of rotatable bonds is 7. The molecule has 1 aromatic heterocycles. The highest BCUT2D eigenvalue weighted by molar-refractivity contribution is 7.88. The molecule has 0 amide bonds. The topological polar surface area (TPSA) is 71.1 Å². The van der Waals surface area contributed by atoms with E-state index in [1.54, 1.807) is 11.3 Å². The number of hydrogen-bond acceptors (Lipinski definition) is 5. The van der Waals surface area contributed by atoms with Gasteiger partial charge in [-0.3, -0.25) is 0 Å². The van der Waals surface area contributed by atoms with E-state index in [-0.39, 0.29) is 0 Å². The van der Waals surface area contributed by atoms with Crippen molar-refractivity contribution in [1.82, 2.24) is 15.0 Å². The number of aromatic nitrogens is 1. The highest BCUT2D eigenvalue weighted by Crippen LogP contribution is 2.21. The maximum Gasteiger partial charge on any atom is 0.208 e. The quantitative estimate of drug-likeness (QED) is 0.759. The summed E-state index contributed by atoms with van der Waals surface area (Å²) in [5.41, 5.74) is 2.08. The van der Waals surface area contributed by atoms with Gasteiger partial charge in [-0.1, -0.05) is 30.3 Å². The third-order valence-corrected chi connectivity index (χ3v) is 4.14. The van der Waals surface area contributed by atoms with Gasteiger partial charge in [0.25, 0.3) is 0 Å². The van der Waals surface area contributed by atoms with Crippen LogP contribution in [0.1, 0.15) is 5.01 Å². The standard InChI is InChI=1S/C13H17N3O2S2/c1-20(17,18)15-8-7-14-9-13-16-12(10-19-13)11-5-3-2-4-6-11/h2-6,10,14-15H,7-9H2,1H3. The Labute approximate surface area is 123 Å². The first-order valence-corrected chi connectivity index (χ1v) is 8.97. The molecular formula is C13H17N3O2S2. The van der Waals surface area contributed by atoms with Crippen LogP contribution < -0.4 is 10.0 Å². The molecule has 0 saturated heterocycles. The lowest BCUT2D eigenvalue weighted by atomic mass is 10.2. The van der Waals surface area contributed by atoms with Crippen molar-refractivity contribution in [3.8, 4) is 11.3 Å². The Balaban J connectivity index is 1.79. The van der Waals surface area contributed by atoms with Gasteiger partial charge in [0, 0.05) is 30.6 Å². The number of nitrogens with zero attached hydrogens (tertiary/aromatic N) is 1. The lowest BCUT2D eigenvalue weighted by molar-refractivity contribution is 0.581. The molecule has 2 N–H and O–H groups in total. The molecule has 1 aromatic carbocycles. The first-order valence-electron chi connectivity index (χ1n) is 6.20. The molecule has 2 aromatic rings. The van der Waals surface area contributed by atoms with Gasteiger partial charge in [-0.05, 0) is 0 Å². The average molecular weight is 311 g/mol. The van der Waals surface area contributed by atoms with E-state index in [1.807, 2.05) is 35.7 Å². The Morgan fingerprint density at radius 1 is 1.20 bits per heavy atom. The average Bonchev–Trinajstić information content (AvgIpc) is 2.87. The van der Waals surface area contributed by atoms with Crippen LogP contribution in [0.4, 0.5) is 0 Å². The van der Waals surface area contributed by atoms with E-state index in [4.69, 9.17) is 0 Å². The summed E-state index contributed by atoms with van der Waals surface area (Å²) in [6.45, 7) is 1.60. The summed E-state index contributed by atoms with van der Waals surface area (Å²) < 4.78 is 24.2. The van der Waals surface area contributed by atoms with Crippen molar-refractivity contribution in [2.75, 3.05) is 19.3 Å². The van der Waals surface area contributed by atoms with Crippen LogP contribution in [0.3, 0.4) is 0 Å². The summed E-state index contributed by atoms with van der Waals surface area (Å²) in [7, 11) is -3.10. The van der Waals surface area contributed by atoms with Crippen molar-refractivity contribution < 1.29 is 8.42 Å². The van der Waals surface area contributed by atoms with Gasteiger partial charge in [0.05, 0.1) is 11.9 Å². The van der Waals surface area contributed by atoms with Crippen molar-refractivity contribution in [2.45, 2.75) is 6.54 Å². The van der Waals surface area contributed by atoms with Gasteiger partial charge in [-0.15, -0.1) is 11.3 Å². The first-order chi connectivity index (χ1) is 9.54. The zero-order chi connectivity index (χ0) is 14.4. The lowest BCUT2D eigenvalue weighted by Crippen LogP contribution is -2.30. The van der Waals surface area contributed by atoms with Crippen molar-refractivity contribution in [2.24, 2.45) is 0 Å². The summed E-state index contributed by atoms with van der Waals surface area (Å²) in [6.07, 6.45) is 1.15. The van der Waals surface area contributed by atoms with Crippen LogP contribution in [0.25, 0.3) is 11.3 Å². The first kappa shape index (κ1) is 15.1. The molecular weight excluding hydrogens is 294 g/mol. The van der Waals surface area contributed by atoms with E-state index < -0.39 is 10.0 Å². The van der Waals surface area contributed by atoms with Gasteiger partial charge in [-0.25, -0.2) is 18.1 Å². The maximum absolute atomic E-state index is 10.9. The van der Waals surface area contributed by atoms with Crippen LogP contribution in [0.2, 0.25) is 0 Å². The molecule has 0 aliphatic heterocycles. The van der Waals surface area contributed by atoms with Gasteiger partial charge in [0.1, 0.15) is 5.01 Å². The molecule has 0 unspecified atom stereocenters. The van der Waals surface area contributed by atoms with E-state index in [9.17, 15) is 8.42 Å². The Bertz CT molecular complexity index is 639. The monoisotopic (exact) mass is 311 g/mol. The number of benzene rings is 1. The fourth-order valence-electron chi connectivity index (χ4n) is 1.65. The second-order valence-electron chi connectivity index (χ2n) is 4.34. The molecule has 5 nitrogen and oxygen atoms in total. The van der Waals surface area contributed by atoms with Crippen molar-refractivity contribution >= 4 is 21.4 Å². The molecule has 0 fully saturated rings. The molecule has 0 aliphatic rings. The Kier molecular flexibility index (Phi) is 5.24. The van der Waals surface area contributed by atoms with Gasteiger partial charge >= 0.3 is 0 Å². The minimum atomic E-state index is -3.10. The third-order valence-electron chi connectivity index (χ3n) is 2.56. The van der Waals surface area contributed by atoms with Crippen LogP contribution in [-0.2, 0) is 16.6 Å². The fraction of sp³-hybridized carbons (Fsp3) is 0.308. The van der Waals surface area contributed by atoms with Gasteiger partial charge < -0.3 is 5.32 Å². The predicted molar refractivity (Wildman–Crippen MR) is 82.1 cm³/mol. The number of sulfonamides is 1. The maximum atomic E-state index is 10.9. The minimum Gasteiger partial charge on any atom is -0.309 e. The Morgan fingerprint density at radius 3 is 2.65 bits per heavy atom. The Morgan fingerprint density at radius 2 is 1.95 bits per heavy atom. The van der Waals surface area contributed by atoms with Crippen molar-refractivity contribution in [3.05, 3.63) is 40.7 Å². The predicted octanol–water partition coefficient (Wildman–Crippen LogP) is 1.45. The summed E-state index contributed by atoms with van der Waals surface area (Å²) in [6, 6.07) is 10.0. The molecule has 0 spiro atoms. The molecule has 7 heteroatoms. The lowest BCUT2D eigenvalue weighted by Gasteiger charge is -2.03. The van der Waals surface area contributed by atoms with Crippen molar-refractivity contribution in [1.29, 1.82) is 0 Å². The Hall–Kier alpha value is -1.28. The zero-order valence-corrected chi connectivity index (χ0v) is 12.8. The van der Waals surface area contributed by atoms with E-state index in [1.165, 1.54) is 0 Å². The number of hydrogen-bond donors (Lipinski definition) is 2. The van der Waals surface area contributed by atoms with E-state index in [0.29, 0.717) is 19.6 Å². The molecule has 0 atom stereocenters. The summed E-state index contributed by atoms with van der Waals surface area (Å²) >= 11 is 1.60. The van der Waals surface area contributed by atoms with Crippen LogP contribution >= 0.6 is 11.3 Å². The van der Waals surface area contributed by atoms with Crippen LogP contribution in [0.15, 0.2) is 35.7 Å².